The number of amides is 1. The number of methoxy groups -OCH3 is 2. The highest BCUT2D eigenvalue weighted by Gasteiger charge is 2.24. The maximum Gasteiger partial charge on any atom is 0.228 e. The van der Waals surface area contributed by atoms with Crippen LogP contribution in [-0.4, -0.2) is 38.2 Å². The van der Waals surface area contributed by atoms with Crippen LogP contribution in [0.2, 0.25) is 19.6 Å². The molecular weight excluding hydrogens is 432 g/mol. The molecule has 1 aliphatic heterocycles. The van der Waals surface area contributed by atoms with E-state index in [9.17, 15) is 4.79 Å². The van der Waals surface area contributed by atoms with Crippen molar-refractivity contribution in [3.8, 4) is 34.7 Å². The topological polar surface area (TPSA) is 85.4 Å². The number of carbonyl (C=O) groups is 1. The first-order chi connectivity index (χ1) is 15.8. The van der Waals surface area contributed by atoms with Crippen molar-refractivity contribution in [1.29, 1.82) is 0 Å². The lowest BCUT2D eigenvalue weighted by molar-refractivity contribution is -0.115. The molecule has 1 aliphatic rings. The Morgan fingerprint density at radius 2 is 1.85 bits per heavy atom. The minimum atomic E-state index is -1.53. The number of benzene rings is 2. The zero-order valence-electron chi connectivity index (χ0n) is 19.4. The Morgan fingerprint density at radius 1 is 1.06 bits per heavy atom. The van der Waals surface area contributed by atoms with E-state index in [-0.39, 0.29) is 12.3 Å². The molecule has 2 aromatic carbocycles. The number of nitrogens with one attached hydrogen (secondary N) is 2. The van der Waals surface area contributed by atoms with E-state index in [1.165, 1.54) is 5.19 Å². The number of hydrogen-bond acceptors (Lipinski definition) is 6. The lowest BCUT2D eigenvalue weighted by Gasteiger charge is -2.19. The molecule has 1 amide bonds. The molecule has 33 heavy (non-hydrogen) atoms. The molecule has 4 rings (SSSR count). The van der Waals surface area contributed by atoms with Gasteiger partial charge in [0.05, 0.1) is 40.1 Å². The van der Waals surface area contributed by atoms with Crippen LogP contribution in [0.1, 0.15) is 11.4 Å². The summed E-state index contributed by atoms with van der Waals surface area (Å²) in [6.07, 6.45) is 1.91. The molecule has 0 atom stereocenters. The molecule has 0 fully saturated rings. The highest BCUT2D eigenvalue weighted by Crippen LogP contribution is 2.32. The molecule has 0 saturated heterocycles. The van der Waals surface area contributed by atoms with Crippen LogP contribution >= 0.6 is 0 Å². The molecule has 0 aliphatic carbocycles. The number of nitrogens with zero attached hydrogens (tertiary/aromatic N) is 2. The van der Waals surface area contributed by atoms with E-state index >= 15 is 0 Å². The molecule has 3 aromatic rings. The minimum Gasteiger partial charge on any atom is -0.493 e. The van der Waals surface area contributed by atoms with Gasteiger partial charge in [-0.15, -0.1) is 0 Å². The van der Waals surface area contributed by atoms with Gasteiger partial charge in [0.2, 0.25) is 11.7 Å². The molecule has 1 aromatic heterocycles. The van der Waals surface area contributed by atoms with Gasteiger partial charge in [0.1, 0.15) is 0 Å². The Morgan fingerprint density at radius 3 is 2.58 bits per heavy atom. The van der Waals surface area contributed by atoms with Gasteiger partial charge in [0, 0.05) is 35.1 Å². The van der Waals surface area contributed by atoms with Crippen LogP contribution in [-0.2, 0) is 11.2 Å². The van der Waals surface area contributed by atoms with E-state index in [0.717, 1.165) is 28.2 Å². The van der Waals surface area contributed by atoms with Crippen molar-refractivity contribution in [2.45, 2.75) is 26.1 Å². The number of rotatable bonds is 4. The maximum absolute atomic E-state index is 12.5. The summed E-state index contributed by atoms with van der Waals surface area (Å²) in [6.45, 7) is 6.84. The smallest absolute Gasteiger partial charge is 0.228 e. The van der Waals surface area contributed by atoms with Crippen LogP contribution in [0.4, 0.5) is 11.4 Å². The zero-order valence-corrected chi connectivity index (χ0v) is 20.4. The number of hydrogen-bond donors (Lipinski definition) is 2. The third-order valence-corrected chi connectivity index (χ3v) is 7.44. The molecule has 2 heterocycles. The fourth-order valence-corrected chi connectivity index (χ4v) is 4.75. The predicted octanol–water partition coefficient (Wildman–Crippen LogP) is 3.62. The fraction of sp³-hybridized carbons (Fsp3) is 0.240. The van der Waals surface area contributed by atoms with Gasteiger partial charge < -0.3 is 20.1 Å². The number of fused-ring (bicyclic) bond motifs is 3. The molecule has 168 valence electrons. The van der Waals surface area contributed by atoms with Crippen molar-refractivity contribution in [3.05, 3.63) is 54.0 Å². The van der Waals surface area contributed by atoms with E-state index in [1.54, 1.807) is 32.5 Å². The quantitative estimate of drug-likeness (QED) is 0.353. The van der Waals surface area contributed by atoms with Crippen LogP contribution < -0.4 is 25.3 Å². The number of anilines is 2. The first kappa shape index (κ1) is 22.4. The van der Waals surface area contributed by atoms with Gasteiger partial charge in [-0.05, 0) is 24.1 Å². The van der Waals surface area contributed by atoms with Crippen molar-refractivity contribution < 1.29 is 14.3 Å². The van der Waals surface area contributed by atoms with Crippen molar-refractivity contribution in [2.75, 3.05) is 24.9 Å². The Balaban J connectivity index is 1.65. The van der Waals surface area contributed by atoms with Gasteiger partial charge in [0.25, 0.3) is 0 Å². The Labute approximate surface area is 194 Å². The van der Waals surface area contributed by atoms with Crippen molar-refractivity contribution >= 4 is 30.5 Å². The second kappa shape index (κ2) is 8.96. The van der Waals surface area contributed by atoms with E-state index in [4.69, 9.17) is 9.47 Å². The second-order valence-electron chi connectivity index (χ2n) is 8.75. The second-order valence-corrected chi connectivity index (χ2v) is 13.8. The SMILES string of the molecule is COc1ccc(NC#Cc2ncc3c(n2)-c2ccc([Si](C)(C)C)cc2NC(=O)C3)cc1OC. The Bertz CT molecular complexity index is 1290. The number of carbonyl (C=O) groups excluding carboxylic acids is 1. The van der Waals surface area contributed by atoms with Gasteiger partial charge in [-0.1, -0.05) is 37.0 Å². The number of ether oxygens (including phenoxy) is 2. The molecule has 2 N–H and O–H groups in total. The number of aromatic nitrogens is 2. The molecule has 0 radical (unpaired) electrons. The van der Waals surface area contributed by atoms with Crippen molar-refractivity contribution in [2.24, 2.45) is 0 Å². The fourth-order valence-electron chi connectivity index (χ4n) is 3.59. The van der Waals surface area contributed by atoms with Crippen LogP contribution in [0.5, 0.6) is 11.5 Å². The summed E-state index contributed by atoms with van der Waals surface area (Å²) in [5.74, 6) is 4.51. The molecule has 8 heteroatoms. The van der Waals surface area contributed by atoms with Gasteiger partial charge in [-0.3, -0.25) is 4.79 Å². The average Bonchev–Trinajstić information content (AvgIpc) is 2.93. The summed E-state index contributed by atoms with van der Waals surface area (Å²) in [4.78, 5) is 21.5. The molecule has 7 nitrogen and oxygen atoms in total. The lowest BCUT2D eigenvalue weighted by Crippen LogP contribution is -2.37. The largest absolute Gasteiger partial charge is 0.493 e. The Hall–Kier alpha value is -3.83. The van der Waals surface area contributed by atoms with Crippen LogP contribution in [0.3, 0.4) is 0 Å². The summed E-state index contributed by atoms with van der Waals surface area (Å²) in [7, 11) is 1.65. The summed E-state index contributed by atoms with van der Waals surface area (Å²) in [5, 5.41) is 7.33. The molecular formula is C25H26N4O3Si. The minimum absolute atomic E-state index is 0.0692. The molecule has 0 saturated carbocycles. The third-order valence-electron chi connectivity index (χ3n) is 5.40. The van der Waals surface area contributed by atoms with Crippen molar-refractivity contribution in [3.63, 3.8) is 0 Å². The lowest BCUT2D eigenvalue weighted by atomic mass is 10.1. The normalized spacial score (nSPS) is 12.3. The van der Waals surface area contributed by atoms with E-state index < -0.39 is 8.07 Å². The van der Waals surface area contributed by atoms with E-state index in [2.05, 4.69) is 64.3 Å². The highest BCUT2D eigenvalue weighted by molar-refractivity contribution is 6.88. The zero-order chi connectivity index (χ0) is 23.6. The van der Waals surface area contributed by atoms with Gasteiger partial charge in [0.15, 0.2) is 11.5 Å². The van der Waals surface area contributed by atoms with Crippen LogP contribution in [0, 0.1) is 12.0 Å². The predicted molar refractivity (Wildman–Crippen MR) is 133 cm³/mol. The Kier molecular flexibility index (Phi) is 6.07. The standard InChI is InChI=1S/C25H26N4O3Si/c1-31-21-9-6-17(13-22(21)32-2)26-11-10-23-27-15-16-12-24(30)28-20-14-18(33(3,4)5)7-8-19(20)25(16)29-23/h6-9,13-15,26H,12H2,1-5H3,(H,28,30). The summed E-state index contributed by atoms with van der Waals surface area (Å²) in [6, 6.07) is 14.6. The first-order valence-electron chi connectivity index (χ1n) is 10.6. The van der Waals surface area contributed by atoms with Crippen molar-refractivity contribution in [1.82, 2.24) is 9.97 Å². The van der Waals surface area contributed by atoms with Crippen LogP contribution in [0.15, 0.2) is 42.6 Å². The van der Waals surface area contributed by atoms with Gasteiger partial charge in [-0.25, -0.2) is 9.97 Å². The maximum atomic E-state index is 12.5. The monoisotopic (exact) mass is 458 g/mol. The van der Waals surface area contributed by atoms with E-state index in [0.29, 0.717) is 17.3 Å². The van der Waals surface area contributed by atoms with Gasteiger partial charge in [-0.2, -0.15) is 0 Å². The summed E-state index contributed by atoms with van der Waals surface area (Å²) >= 11 is 0. The highest BCUT2D eigenvalue weighted by atomic mass is 28.3. The third kappa shape index (κ3) is 4.83. The summed E-state index contributed by atoms with van der Waals surface area (Å²) < 4.78 is 10.6. The average molecular weight is 459 g/mol. The molecule has 0 unspecified atom stereocenters. The van der Waals surface area contributed by atoms with E-state index in [1.807, 2.05) is 12.1 Å². The van der Waals surface area contributed by atoms with Gasteiger partial charge >= 0.3 is 0 Å². The molecule has 0 spiro atoms. The first-order valence-corrected chi connectivity index (χ1v) is 14.1. The van der Waals surface area contributed by atoms with Crippen LogP contribution in [0.25, 0.3) is 11.3 Å². The summed E-state index contributed by atoms with van der Waals surface area (Å²) in [5.41, 5.74) is 3.95. The molecule has 0 bridgehead atoms.